The van der Waals surface area contributed by atoms with E-state index in [1.54, 1.807) is 0 Å². The van der Waals surface area contributed by atoms with Crippen LogP contribution < -0.4 is 5.32 Å². The Morgan fingerprint density at radius 2 is 1.92 bits per heavy atom. The second-order valence-corrected chi connectivity index (χ2v) is 9.58. The summed E-state index contributed by atoms with van der Waals surface area (Å²) >= 11 is 6.12. The highest BCUT2D eigenvalue weighted by molar-refractivity contribution is 7.89. The fourth-order valence-electron chi connectivity index (χ4n) is 2.72. The Kier molecular flexibility index (Phi) is 6.68. The summed E-state index contributed by atoms with van der Waals surface area (Å²) in [4.78, 5) is 14.9. The molecule has 0 radical (unpaired) electrons. The van der Waals surface area contributed by atoms with Gasteiger partial charge in [-0.2, -0.15) is 0 Å². The topological polar surface area (TPSA) is 79.0 Å². The van der Waals surface area contributed by atoms with E-state index in [-0.39, 0.29) is 21.0 Å². The van der Waals surface area contributed by atoms with Gasteiger partial charge in [0.25, 0.3) is 5.91 Å². The lowest BCUT2D eigenvalue weighted by atomic mass is 10.0. The number of nitrogens with one attached hydrogen (secondary N) is 1. The van der Waals surface area contributed by atoms with Gasteiger partial charge in [0.15, 0.2) is 0 Å². The van der Waals surface area contributed by atoms with Gasteiger partial charge in [-0.3, -0.25) is 9.69 Å². The Bertz CT molecular complexity index is 759. The number of carbonyl (C=O) groups excluding carboxylic acids is 1. The molecular formula is C17H26ClN3O4S. The van der Waals surface area contributed by atoms with Crippen molar-refractivity contribution in [2.24, 2.45) is 0 Å². The average Bonchev–Trinajstić information content (AvgIpc) is 2.60. The summed E-state index contributed by atoms with van der Waals surface area (Å²) in [5.41, 5.74) is -0.105. The van der Waals surface area contributed by atoms with Crippen molar-refractivity contribution in [2.75, 3.05) is 46.9 Å². The number of hydrogen-bond acceptors (Lipinski definition) is 5. The zero-order chi connectivity index (χ0) is 19.5. The molecule has 1 aliphatic rings. The van der Waals surface area contributed by atoms with Crippen molar-refractivity contribution in [1.82, 2.24) is 14.5 Å². The summed E-state index contributed by atoms with van der Waals surface area (Å²) in [6.07, 6.45) is 0. The third-order valence-electron chi connectivity index (χ3n) is 4.51. The fourth-order valence-corrected chi connectivity index (χ4v) is 3.85. The van der Waals surface area contributed by atoms with Crippen LogP contribution in [0.25, 0.3) is 0 Å². The van der Waals surface area contributed by atoms with Crippen molar-refractivity contribution >= 4 is 27.5 Å². The van der Waals surface area contributed by atoms with Crippen LogP contribution in [-0.2, 0) is 14.8 Å². The predicted molar refractivity (Wildman–Crippen MR) is 101 cm³/mol. The van der Waals surface area contributed by atoms with Crippen LogP contribution in [0.3, 0.4) is 0 Å². The molecule has 0 spiro atoms. The molecule has 0 atom stereocenters. The molecule has 1 fully saturated rings. The van der Waals surface area contributed by atoms with Crippen LogP contribution in [0, 0.1) is 0 Å². The summed E-state index contributed by atoms with van der Waals surface area (Å²) in [7, 11) is -0.760. The van der Waals surface area contributed by atoms with Gasteiger partial charge in [0.1, 0.15) is 0 Å². The quantitative estimate of drug-likeness (QED) is 0.777. The Morgan fingerprint density at radius 3 is 2.50 bits per heavy atom. The smallest absolute Gasteiger partial charge is 0.252 e. The molecule has 0 unspecified atom stereocenters. The minimum atomic E-state index is -3.64. The summed E-state index contributed by atoms with van der Waals surface area (Å²) < 4.78 is 31.0. The molecule has 0 aliphatic carbocycles. The second-order valence-electron chi connectivity index (χ2n) is 7.02. The van der Waals surface area contributed by atoms with E-state index in [0.29, 0.717) is 19.8 Å². The number of amides is 1. The summed E-state index contributed by atoms with van der Waals surface area (Å²) in [5, 5.41) is 3.08. The highest BCUT2D eigenvalue weighted by Gasteiger charge is 2.29. The minimum absolute atomic E-state index is 0.0319. The van der Waals surface area contributed by atoms with Gasteiger partial charge < -0.3 is 10.1 Å². The Balaban J connectivity index is 2.14. The number of halogens is 1. The van der Waals surface area contributed by atoms with Crippen LogP contribution in [0.5, 0.6) is 0 Å². The van der Waals surface area contributed by atoms with E-state index < -0.39 is 15.9 Å². The molecule has 2 rings (SSSR count). The zero-order valence-corrected chi connectivity index (χ0v) is 17.2. The van der Waals surface area contributed by atoms with Crippen LogP contribution >= 0.6 is 11.6 Å². The Hall–Kier alpha value is -1.19. The Labute approximate surface area is 160 Å². The van der Waals surface area contributed by atoms with Crippen LogP contribution in [0.1, 0.15) is 24.2 Å². The van der Waals surface area contributed by atoms with Crippen LogP contribution in [0.2, 0.25) is 5.02 Å². The first-order valence-corrected chi connectivity index (χ1v) is 10.2. The van der Waals surface area contributed by atoms with E-state index in [1.165, 1.54) is 32.3 Å². The van der Waals surface area contributed by atoms with Crippen LogP contribution in [-0.4, -0.2) is 76.0 Å². The monoisotopic (exact) mass is 403 g/mol. The van der Waals surface area contributed by atoms with Gasteiger partial charge in [-0.25, -0.2) is 12.7 Å². The standard InChI is InChI=1S/C17H26ClN3O4S/c1-17(2,21-7-9-25-10-8-21)12-19-16(22)14-11-13(5-6-15(14)18)26(23,24)20(3)4/h5-6,11H,7-10,12H2,1-4H3,(H,19,22). The number of benzene rings is 1. The lowest BCUT2D eigenvalue weighted by molar-refractivity contribution is -0.00923. The molecule has 1 aromatic rings. The molecule has 1 aliphatic heterocycles. The molecule has 1 amide bonds. The van der Waals surface area contributed by atoms with E-state index in [1.807, 2.05) is 13.8 Å². The largest absolute Gasteiger partial charge is 0.379 e. The van der Waals surface area contributed by atoms with Crippen molar-refractivity contribution in [1.29, 1.82) is 0 Å². The van der Waals surface area contributed by atoms with E-state index in [4.69, 9.17) is 16.3 Å². The maximum Gasteiger partial charge on any atom is 0.252 e. The molecule has 0 bridgehead atoms. The first-order chi connectivity index (χ1) is 12.1. The van der Waals surface area contributed by atoms with Gasteiger partial charge >= 0.3 is 0 Å². The first kappa shape index (κ1) is 21.1. The van der Waals surface area contributed by atoms with Crippen molar-refractivity contribution in [3.63, 3.8) is 0 Å². The first-order valence-electron chi connectivity index (χ1n) is 8.39. The maximum atomic E-state index is 12.6. The number of ether oxygens (including phenoxy) is 1. The van der Waals surface area contributed by atoms with Gasteiger partial charge in [-0.1, -0.05) is 11.6 Å². The summed E-state index contributed by atoms with van der Waals surface area (Å²) in [6.45, 7) is 7.47. The van der Waals surface area contributed by atoms with Crippen LogP contribution in [0.4, 0.5) is 0 Å². The normalized spacial score (nSPS) is 16.7. The average molecular weight is 404 g/mol. The summed E-state index contributed by atoms with van der Waals surface area (Å²) in [5.74, 6) is -0.396. The molecule has 146 valence electrons. The van der Waals surface area contributed by atoms with E-state index in [2.05, 4.69) is 10.2 Å². The van der Waals surface area contributed by atoms with E-state index >= 15 is 0 Å². The zero-order valence-electron chi connectivity index (χ0n) is 15.6. The highest BCUT2D eigenvalue weighted by Crippen LogP contribution is 2.22. The second kappa shape index (κ2) is 8.22. The predicted octanol–water partition coefficient (Wildman–Crippen LogP) is 1.43. The lowest BCUT2D eigenvalue weighted by Crippen LogP contribution is -2.55. The molecule has 26 heavy (non-hydrogen) atoms. The number of morpholine rings is 1. The molecule has 1 N–H and O–H groups in total. The SMILES string of the molecule is CN(C)S(=O)(=O)c1ccc(Cl)c(C(=O)NCC(C)(C)N2CCOCC2)c1. The third-order valence-corrected chi connectivity index (χ3v) is 6.65. The number of carbonyl (C=O) groups is 1. The number of sulfonamides is 1. The lowest BCUT2D eigenvalue weighted by Gasteiger charge is -2.40. The minimum Gasteiger partial charge on any atom is -0.379 e. The van der Waals surface area contributed by atoms with E-state index in [9.17, 15) is 13.2 Å². The molecule has 9 heteroatoms. The molecule has 1 saturated heterocycles. The molecule has 7 nitrogen and oxygen atoms in total. The van der Waals surface area contributed by atoms with E-state index in [0.717, 1.165) is 17.4 Å². The molecule has 0 aromatic heterocycles. The summed E-state index contributed by atoms with van der Waals surface area (Å²) in [6, 6.07) is 4.14. The van der Waals surface area contributed by atoms with Gasteiger partial charge in [0, 0.05) is 39.3 Å². The van der Waals surface area contributed by atoms with Crippen molar-refractivity contribution in [3.05, 3.63) is 28.8 Å². The molecular weight excluding hydrogens is 378 g/mol. The number of nitrogens with zero attached hydrogens (tertiary/aromatic N) is 2. The number of hydrogen-bond donors (Lipinski definition) is 1. The van der Waals surface area contributed by atoms with Crippen molar-refractivity contribution < 1.29 is 17.9 Å². The fraction of sp³-hybridized carbons (Fsp3) is 0.588. The van der Waals surface area contributed by atoms with Crippen LogP contribution in [0.15, 0.2) is 23.1 Å². The van der Waals surface area contributed by atoms with Gasteiger partial charge in [-0.15, -0.1) is 0 Å². The Morgan fingerprint density at radius 1 is 1.31 bits per heavy atom. The van der Waals surface area contributed by atoms with Gasteiger partial charge in [-0.05, 0) is 32.0 Å². The third kappa shape index (κ3) is 4.75. The molecule has 1 aromatic carbocycles. The molecule has 1 heterocycles. The van der Waals surface area contributed by atoms with Crippen molar-refractivity contribution in [2.45, 2.75) is 24.3 Å². The molecule has 0 saturated carbocycles. The highest BCUT2D eigenvalue weighted by atomic mass is 35.5. The van der Waals surface area contributed by atoms with Gasteiger partial charge in [0.05, 0.1) is 28.7 Å². The van der Waals surface area contributed by atoms with Gasteiger partial charge in [0.2, 0.25) is 10.0 Å². The number of rotatable bonds is 6. The van der Waals surface area contributed by atoms with Crippen molar-refractivity contribution in [3.8, 4) is 0 Å². The maximum absolute atomic E-state index is 12.6.